The Kier molecular flexibility index (Phi) is 5.61. The van der Waals surface area contributed by atoms with Crippen LogP contribution in [-0.4, -0.2) is 52.9 Å². The zero-order valence-corrected chi connectivity index (χ0v) is 13.6. The highest BCUT2D eigenvalue weighted by Crippen LogP contribution is 2.20. The lowest BCUT2D eigenvalue weighted by Crippen LogP contribution is -2.49. The smallest absolute Gasteiger partial charge is 0.239 e. The summed E-state index contributed by atoms with van der Waals surface area (Å²) in [6, 6.07) is -0.251. The van der Waals surface area contributed by atoms with E-state index < -0.39 is 0 Å². The number of aryl methyl sites for hydroxylation is 2. The molecule has 0 aromatic carbocycles. The summed E-state index contributed by atoms with van der Waals surface area (Å²) in [5.41, 5.74) is 1.80. The fourth-order valence-electron chi connectivity index (χ4n) is 2.41. The first-order chi connectivity index (χ1) is 10.0. The lowest BCUT2D eigenvalue weighted by molar-refractivity contribution is -0.137. The van der Waals surface area contributed by atoms with E-state index in [0.29, 0.717) is 37.9 Å². The number of nitrogens with one attached hydrogen (secondary N) is 1. The Labute approximate surface area is 130 Å². The van der Waals surface area contributed by atoms with E-state index >= 15 is 0 Å². The summed E-state index contributed by atoms with van der Waals surface area (Å²) in [5, 5.41) is 8.30. The molecule has 1 aromatic rings. The van der Waals surface area contributed by atoms with Crippen LogP contribution >= 0.6 is 11.6 Å². The minimum absolute atomic E-state index is 0.104. The Bertz CT molecular complexity index is 497. The molecule has 1 aliphatic heterocycles. The third-order valence-electron chi connectivity index (χ3n) is 3.77. The van der Waals surface area contributed by atoms with Gasteiger partial charge in [0.15, 0.2) is 0 Å². The number of ether oxygens (including phenoxy) is 1. The third kappa shape index (κ3) is 3.75. The van der Waals surface area contributed by atoms with Gasteiger partial charge in [-0.05, 0) is 13.3 Å². The molecule has 1 N–H and O–H groups in total. The number of carbonyl (C=O) groups excluding carboxylic acids is 1. The second-order valence-corrected chi connectivity index (χ2v) is 5.60. The van der Waals surface area contributed by atoms with Gasteiger partial charge in [-0.2, -0.15) is 5.10 Å². The molecule has 118 valence electrons. The van der Waals surface area contributed by atoms with Crippen molar-refractivity contribution in [2.24, 2.45) is 7.05 Å². The van der Waals surface area contributed by atoms with Crippen LogP contribution in [0.4, 0.5) is 0 Å². The molecule has 1 fully saturated rings. The van der Waals surface area contributed by atoms with Gasteiger partial charge in [0, 0.05) is 26.7 Å². The average molecular weight is 315 g/mol. The number of aromatic nitrogens is 2. The number of amides is 1. The molecule has 2 rings (SSSR count). The maximum Gasteiger partial charge on any atom is 0.239 e. The van der Waals surface area contributed by atoms with Gasteiger partial charge in [0.2, 0.25) is 5.91 Å². The molecule has 21 heavy (non-hydrogen) atoms. The Balaban J connectivity index is 1.93. The second-order valence-electron chi connectivity index (χ2n) is 5.22. The van der Waals surface area contributed by atoms with Crippen molar-refractivity contribution in [3.8, 4) is 0 Å². The molecule has 0 spiro atoms. The van der Waals surface area contributed by atoms with Crippen molar-refractivity contribution in [3.63, 3.8) is 0 Å². The number of rotatable bonds is 5. The van der Waals surface area contributed by atoms with E-state index in [9.17, 15) is 4.79 Å². The first-order valence-electron chi connectivity index (χ1n) is 7.34. The SMILES string of the molecule is CCc1nn(C)c(CNC(C)C(=O)N2CCOCC2)c1Cl. The zero-order valence-electron chi connectivity index (χ0n) is 12.9. The lowest BCUT2D eigenvalue weighted by atomic mass is 10.2. The van der Waals surface area contributed by atoms with Gasteiger partial charge in [-0.1, -0.05) is 18.5 Å². The average Bonchev–Trinajstić information content (AvgIpc) is 2.79. The molecule has 0 bridgehead atoms. The van der Waals surface area contributed by atoms with Crippen molar-refractivity contribution in [1.82, 2.24) is 20.0 Å². The zero-order chi connectivity index (χ0) is 15.4. The Hall–Kier alpha value is -1.11. The number of hydrogen-bond acceptors (Lipinski definition) is 4. The van der Waals surface area contributed by atoms with E-state index in [1.807, 2.05) is 25.8 Å². The highest BCUT2D eigenvalue weighted by molar-refractivity contribution is 6.31. The number of morpholine rings is 1. The predicted molar refractivity (Wildman–Crippen MR) is 81.3 cm³/mol. The normalized spacial score (nSPS) is 17.0. The Morgan fingerprint density at radius 2 is 2.14 bits per heavy atom. The molecule has 0 aliphatic carbocycles. The first-order valence-corrected chi connectivity index (χ1v) is 7.72. The molecule has 0 radical (unpaired) electrons. The topological polar surface area (TPSA) is 59.4 Å². The molecular weight excluding hydrogens is 292 g/mol. The number of halogens is 1. The van der Waals surface area contributed by atoms with Gasteiger partial charge in [0.1, 0.15) is 0 Å². The highest BCUT2D eigenvalue weighted by Gasteiger charge is 2.23. The highest BCUT2D eigenvalue weighted by atomic mass is 35.5. The molecule has 1 saturated heterocycles. The van der Waals surface area contributed by atoms with E-state index in [1.165, 1.54) is 0 Å². The number of carbonyl (C=O) groups is 1. The molecule has 0 saturated carbocycles. The molecule has 7 heteroatoms. The van der Waals surface area contributed by atoms with Crippen LogP contribution in [0.15, 0.2) is 0 Å². The van der Waals surface area contributed by atoms with E-state index in [-0.39, 0.29) is 11.9 Å². The minimum Gasteiger partial charge on any atom is -0.378 e. The van der Waals surface area contributed by atoms with E-state index in [1.54, 1.807) is 4.68 Å². The monoisotopic (exact) mass is 314 g/mol. The Morgan fingerprint density at radius 1 is 1.48 bits per heavy atom. The van der Waals surface area contributed by atoms with Crippen molar-refractivity contribution in [3.05, 3.63) is 16.4 Å². The van der Waals surface area contributed by atoms with Gasteiger partial charge in [-0.25, -0.2) is 0 Å². The van der Waals surface area contributed by atoms with Gasteiger partial charge in [0.05, 0.1) is 35.7 Å². The molecule has 1 amide bonds. The van der Waals surface area contributed by atoms with Crippen LogP contribution < -0.4 is 5.32 Å². The molecular formula is C14H23ClN4O2. The fourth-order valence-corrected chi connectivity index (χ4v) is 2.77. The van der Waals surface area contributed by atoms with Crippen LogP contribution in [0.2, 0.25) is 5.02 Å². The summed E-state index contributed by atoms with van der Waals surface area (Å²) in [7, 11) is 1.87. The van der Waals surface area contributed by atoms with Gasteiger partial charge < -0.3 is 15.0 Å². The van der Waals surface area contributed by atoms with E-state index in [4.69, 9.17) is 16.3 Å². The van der Waals surface area contributed by atoms with Crippen molar-refractivity contribution in [1.29, 1.82) is 0 Å². The maximum absolute atomic E-state index is 12.3. The summed E-state index contributed by atoms with van der Waals surface area (Å²) >= 11 is 6.31. The summed E-state index contributed by atoms with van der Waals surface area (Å²) in [5.74, 6) is 0.104. The molecule has 1 aliphatic rings. The van der Waals surface area contributed by atoms with Crippen molar-refractivity contribution in [2.75, 3.05) is 26.3 Å². The van der Waals surface area contributed by atoms with Crippen molar-refractivity contribution >= 4 is 17.5 Å². The maximum atomic E-state index is 12.3. The fraction of sp³-hybridized carbons (Fsp3) is 0.714. The quantitative estimate of drug-likeness (QED) is 0.880. The second kappa shape index (κ2) is 7.24. The number of hydrogen-bond donors (Lipinski definition) is 1. The lowest BCUT2D eigenvalue weighted by Gasteiger charge is -2.29. The van der Waals surface area contributed by atoms with Crippen molar-refractivity contribution in [2.45, 2.75) is 32.9 Å². The largest absolute Gasteiger partial charge is 0.378 e. The van der Waals surface area contributed by atoms with E-state index in [2.05, 4.69) is 10.4 Å². The van der Waals surface area contributed by atoms with E-state index in [0.717, 1.165) is 17.8 Å². The van der Waals surface area contributed by atoms with Crippen LogP contribution in [0.25, 0.3) is 0 Å². The van der Waals surface area contributed by atoms with Gasteiger partial charge in [-0.3, -0.25) is 9.48 Å². The first kappa shape index (κ1) is 16.3. The standard InChI is InChI=1S/C14H23ClN4O2/c1-4-11-13(15)12(18(3)17-11)9-16-10(2)14(20)19-5-7-21-8-6-19/h10,16H,4-9H2,1-3H3. The van der Waals surface area contributed by atoms with Gasteiger partial charge >= 0.3 is 0 Å². The van der Waals surface area contributed by atoms with Crippen LogP contribution in [0, 0.1) is 0 Å². The van der Waals surface area contributed by atoms with Gasteiger partial charge in [0.25, 0.3) is 0 Å². The molecule has 1 aromatic heterocycles. The molecule has 6 nitrogen and oxygen atoms in total. The summed E-state index contributed by atoms with van der Waals surface area (Å²) in [4.78, 5) is 14.1. The molecule has 2 heterocycles. The van der Waals surface area contributed by atoms with Crippen LogP contribution in [0.1, 0.15) is 25.2 Å². The minimum atomic E-state index is -0.251. The van der Waals surface area contributed by atoms with Gasteiger partial charge in [-0.15, -0.1) is 0 Å². The number of nitrogens with zero attached hydrogens (tertiary/aromatic N) is 3. The predicted octanol–water partition coefficient (Wildman–Crippen LogP) is 0.973. The van der Waals surface area contributed by atoms with Crippen LogP contribution in [-0.2, 0) is 29.5 Å². The van der Waals surface area contributed by atoms with Crippen LogP contribution in [0.3, 0.4) is 0 Å². The summed E-state index contributed by atoms with van der Waals surface area (Å²) in [6.07, 6.45) is 0.801. The summed E-state index contributed by atoms with van der Waals surface area (Å²) in [6.45, 7) is 6.99. The summed E-state index contributed by atoms with van der Waals surface area (Å²) < 4.78 is 7.04. The molecule has 1 atom stereocenters. The Morgan fingerprint density at radius 3 is 2.71 bits per heavy atom. The van der Waals surface area contributed by atoms with Crippen molar-refractivity contribution < 1.29 is 9.53 Å². The third-order valence-corrected chi connectivity index (χ3v) is 4.21. The van der Waals surface area contributed by atoms with Crippen LogP contribution in [0.5, 0.6) is 0 Å². The molecule has 1 unspecified atom stereocenters.